The summed E-state index contributed by atoms with van der Waals surface area (Å²) in [4.78, 5) is 0. The van der Waals surface area contributed by atoms with E-state index in [2.05, 4.69) is 42.5 Å². The first kappa shape index (κ1) is 19.7. The van der Waals surface area contributed by atoms with Crippen molar-refractivity contribution >= 4 is 24.2 Å². The minimum absolute atomic E-state index is 0.535. The van der Waals surface area contributed by atoms with Gasteiger partial charge in [-0.25, -0.2) is 0 Å². The molecule has 0 heterocycles. The lowest BCUT2D eigenvalue weighted by Crippen LogP contribution is -2.32. The van der Waals surface area contributed by atoms with E-state index in [4.69, 9.17) is 4.43 Å². The summed E-state index contributed by atoms with van der Waals surface area (Å²) in [5.74, 6) is 0. The Kier molecular flexibility index (Phi) is 12.8. The minimum atomic E-state index is -1.37. The molecule has 0 aromatic carbocycles. The lowest BCUT2D eigenvalue weighted by molar-refractivity contribution is 0.165. The largest absolute Gasteiger partial charge is 0.415 e. The molecule has 0 aromatic rings. The molecule has 0 aliphatic rings. The van der Waals surface area contributed by atoms with Gasteiger partial charge in [-0.1, -0.05) is 67.8 Å². The van der Waals surface area contributed by atoms with Crippen molar-refractivity contribution in [3.05, 3.63) is 0 Å². The van der Waals surface area contributed by atoms with Crippen LogP contribution in [0.1, 0.15) is 71.1 Å². The molecule has 0 saturated heterocycles. The predicted octanol–water partition coefficient (Wildman–Crippen LogP) is 6.52. The third-order valence-corrected chi connectivity index (χ3v) is 4.91. The Balaban J connectivity index is 3.83. The number of hydrogen-bond donors (Lipinski definition) is 0. The molecule has 0 bridgehead atoms. The Morgan fingerprint density at radius 2 is 1.37 bits per heavy atom. The summed E-state index contributed by atoms with van der Waals surface area (Å²) in [6, 6.07) is 0. The molecular formula is C16H35BrOSi. The molecule has 1 atom stereocenters. The Morgan fingerprint density at radius 3 is 1.84 bits per heavy atom. The van der Waals surface area contributed by atoms with E-state index in [-0.39, 0.29) is 0 Å². The van der Waals surface area contributed by atoms with Gasteiger partial charge >= 0.3 is 0 Å². The van der Waals surface area contributed by atoms with E-state index in [9.17, 15) is 0 Å². The Hall–Kier alpha value is 0.657. The van der Waals surface area contributed by atoms with Gasteiger partial charge in [0.1, 0.15) is 0 Å². The van der Waals surface area contributed by atoms with Gasteiger partial charge in [0.15, 0.2) is 8.32 Å². The molecule has 116 valence electrons. The van der Waals surface area contributed by atoms with Crippen molar-refractivity contribution in [2.45, 2.75) is 96.9 Å². The molecular weight excluding hydrogens is 316 g/mol. The van der Waals surface area contributed by atoms with Gasteiger partial charge in [0.2, 0.25) is 0 Å². The zero-order chi connectivity index (χ0) is 14.6. The maximum absolute atomic E-state index is 6.35. The summed E-state index contributed by atoms with van der Waals surface area (Å²) in [7, 11) is -1.37. The highest BCUT2D eigenvalue weighted by Gasteiger charge is 2.20. The first-order valence-electron chi connectivity index (χ1n) is 8.23. The standard InChI is InChI=1S/C16H35BrOSi/c1-5-6-7-10-13-16(18-19(2,3)4)14-11-8-9-12-15-17/h16H,5-15H2,1-4H3. The molecule has 0 radical (unpaired) electrons. The van der Waals surface area contributed by atoms with Crippen LogP contribution in [0.25, 0.3) is 0 Å². The van der Waals surface area contributed by atoms with Crippen LogP contribution in [0, 0.1) is 0 Å². The van der Waals surface area contributed by atoms with Crippen molar-refractivity contribution in [3.63, 3.8) is 0 Å². The second kappa shape index (κ2) is 12.4. The van der Waals surface area contributed by atoms with Gasteiger partial charge < -0.3 is 4.43 Å². The maximum Gasteiger partial charge on any atom is 0.184 e. The quantitative estimate of drug-likeness (QED) is 0.208. The summed E-state index contributed by atoms with van der Waals surface area (Å²) in [5.41, 5.74) is 0. The van der Waals surface area contributed by atoms with Gasteiger partial charge in [-0.3, -0.25) is 0 Å². The van der Waals surface area contributed by atoms with Crippen molar-refractivity contribution in [1.29, 1.82) is 0 Å². The third-order valence-electron chi connectivity index (χ3n) is 3.31. The normalized spacial score (nSPS) is 13.7. The molecule has 0 fully saturated rings. The fourth-order valence-corrected chi connectivity index (χ4v) is 4.01. The minimum Gasteiger partial charge on any atom is -0.415 e. The van der Waals surface area contributed by atoms with Crippen LogP contribution in [-0.4, -0.2) is 19.8 Å². The van der Waals surface area contributed by atoms with Crippen molar-refractivity contribution in [3.8, 4) is 0 Å². The van der Waals surface area contributed by atoms with Crippen LogP contribution in [0.3, 0.4) is 0 Å². The van der Waals surface area contributed by atoms with Crippen molar-refractivity contribution in [2.24, 2.45) is 0 Å². The first-order chi connectivity index (χ1) is 8.99. The van der Waals surface area contributed by atoms with Crippen molar-refractivity contribution < 1.29 is 4.43 Å². The van der Waals surface area contributed by atoms with Gasteiger partial charge in [-0.15, -0.1) is 0 Å². The average molecular weight is 351 g/mol. The number of alkyl halides is 1. The zero-order valence-corrected chi connectivity index (χ0v) is 16.2. The molecule has 0 N–H and O–H groups in total. The average Bonchev–Trinajstić information content (AvgIpc) is 2.32. The summed E-state index contributed by atoms with van der Waals surface area (Å²) in [6.07, 6.45) is 13.9. The molecule has 0 aromatic heterocycles. The fourth-order valence-electron chi connectivity index (χ4n) is 2.38. The highest BCUT2D eigenvalue weighted by atomic mass is 79.9. The Bertz CT molecular complexity index is 192. The van der Waals surface area contributed by atoms with E-state index < -0.39 is 8.32 Å². The van der Waals surface area contributed by atoms with Crippen LogP contribution >= 0.6 is 15.9 Å². The molecule has 1 unspecified atom stereocenters. The van der Waals surface area contributed by atoms with Crippen LogP contribution in [0.2, 0.25) is 19.6 Å². The van der Waals surface area contributed by atoms with E-state index in [0.717, 1.165) is 5.33 Å². The molecule has 3 heteroatoms. The van der Waals surface area contributed by atoms with E-state index in [0.29, 0.717) is 6.10 Å². The van der Waals surface area contributed by atoms with Crippen molar-refractivity contribution in [2.75, 3.05) is 5.33 Å². The summed E-state index contributed by atoms with van der Waals surface area (Å²) in [5, 5.41) is 1.15. The fraction of sp³-hybridized carbons (Fsp3) is 1.00. The Morgan fingerprint density at radius 1 is 0.842 bits per heavy atom. The highest BCUT2D eigenvalue weighted by Crippen LogP contribution is 2.19. The van der Waals surface area contributed by atoms with Gasteiger partial charge in [-0.05, 0) is 38.9 Å². The monoisotopic (exact) mass is 350 g/mol. The molecule has 0 spiro atoms. The number of unbranched alkanes of at least 4 members (excludes halogenated alkanes) is 6. The van der Waals surface area contributed by atoms with Crippen LogP contribution in [0.5, 0.6) is 0 Å². The highest BCUT2D eigenvalue weighted by molar-refractivity contribution is 9.09. The molecule has 0 amide bonds. The van der Waals surface area contributed by atoms with E-state index in [1.54, 1.807) is 0 Å². The second-order valence-corrected chi connectivity index (χ2v) is 11.8. The lowest BCUT2D eigenvalue weighted by Gasteiger charge is -2.26. The molecule has 0 saturated carbocycles. The second-order valence-electron chi connectivity index (χ2n) is 6.59. The molecule has 0 rings (SSSR count). The lowest BCUT2D eigenvalue weighted by atomic mass is 10.0. The summed E-state index contributed by atoms with van der Waals surface area (Å²) < 4.78 is 6.35. The van der Waals surface area contributed by atoms with Gasteiger partial charge in [0.25, 0.3) is 0 Å². The van der Waals surface area contributed by atoms with Crippen molar-refractivity contribution in [1.82, 2.24) is 0 Å². The zero-order valence-electron chi connectivity index (χ0n) is 13.6. The molecule has 0 aliphatic heterocycles. The maximum atomic E-state index is 6.35. The molecule has 0 aliphatic carbocycles. The predicted molar refractivity (Wildman–Crippen MR) is 93.9 cm³/mol. The number of hydrogen-bond acceptors (Lipinski definition) is 1. The Labute approximate surface area is 131 Å². The van der Waals surface area contributed by atoms with Gasteiger partial charge in [-0.2, -0.15) is 0 Å². The summed E-state index contributed by atoms with van der Waals surface area (Å²) in [6.45, 7) is 9.23. The smallest absolute Gasteiger partial charge is 0.184 e. The topological polar surface area (TPSA) is 9.23 Å². The van der Waals surface area contributed by atoms with Crippen LogP contribution < -0.4 is 0 Å². The third kappa shape index (κ3) is 14.9. The number of rotatable bonds is 13. The van der Waals surface area contributed by atoms with Crippen LogP contribution in [-0.2, 0) is 4.43 Å². The number of halogens is 1. The van der Waals surface area contributed by atoms with E-state index in [1.165, 1.54) is 64.2 Å². The first-order valence-corrected chi connectivity index (χ1v) is 12.8. The van der Waals surface area contributed by atoms with Gasteiger partial charge in [0, 0.05) is 11.4 Å². The van der Waals surface area contributed by atoms with Gasteiger partial charge in [0.05, 0.1) is 0 Å². The molecule has 19 heavy (non-hydrogen) atoms. The van der Waals surface area contributed by atoms with E-state index in [1.807, 2.05) is 0 Å². The van der Waals surface area contributed by atoms with Crippen LogP contribution in [0.15, 0.2) is 0 Å². The molecule has 1 nitrogen and oxygen atoms in total. The summed E-state index contributed by atoms with van der Waals surface area (Å²) >= 11 is 3.50. The SMILES string of the molecule is CCCCCCC(CCCCCCBr)O[Si](C)(C)C. The van der Waals surface area contributed by atoms with Crippen LogP contribution in [0.4, 0.5) is 0 Å². The van der Waals surface area contributed by atoms with E-state index >= 15 is 0 Å².